The molecule has 2 aromatic rings. The molecule has 0 unspecified atom stereocenters. The van der Waals surface area contributed by atoms with Gasteiger partial charge in [0.1, 0.15) is 11.6 Å². The molecule has 9 heteroatoms. The van der Waals surface area contributed by atoms with Crippen LogP contribution in [0.1, 0.15) is 28.4 Å². The molecule has 2 N–H and O–H groups in total. The molecule has 0 saturated carbocycles. The number of likely N-dealkylation sites (tertiary alicyclic amines) is 1. The average Bonchev–Trinajstić information content (AvgIpc) is 3.23. The van der Waals surface area contributed by atoms with Gasteiger partial charge in [0.2, 0.25) is 0 Å². The minimum Gasteiger partial charge on any atom is -0.496 e. The maximum Gasteiger partial charge on any atom is 0.303 e. The molecule has 1 fully saturated rings. The lowest BCUT2D eigenvalue weighted by molar-refractivity contribution is -0.138. The highest BCUT2D eigenvalue weighted by molar-refractivity contribution is 5.97. The number of carbonyl (C=O) groups excluding carboxylic acids is 1. The third-order valence-corrected chi connectivity index (χ3v) is 4.37. The van der Waals surface area contributed by atoms with Crippen molar-refractivity contribution < 1.29 is 23.8 Å². The fraction of sp³-hybridized carbons (Fsp3) is 0.375. The van der Waals surface area contributed by atoms with E-state index in [4.69, 9.17) is 9.84 Å². The molecule has 25 heavy (non-hydrogen) atoms. The smallest absolute Gasteiger partial charge is 0.303 e. The molecule has 1 saturated heterocycles. The lowest BCUT2D eigenvalue weighted by Gasteiger charge is -2.18. The zero-order valence-electron chi connectivity index (χ0n) is 13.5. The van der Waals surface area contributed by atoms with E-state index < -0.39 is 17.7 Å². The van der Waals surface area contributed by atoms with Crippen molar-refractivity contribution in [1.82, 2.24) is 20.3 Å². The molecular weight excluding hydrogens is 331 g/mol. The fourth-order valence-corrected chi connectivity index (χ4v) is 3.21. The van der Waals surface area contributed by atoms with Gasteiger partial charge < -0.3 is 14.7 Å². The Balaban J connectivity index is 1.87. The molecule has 8 nitrogen and oxygen atoms in total. The van der Waals surface area contributed by atoms with E-state index in [2.05, 4.69) is 15.4 Å². The maximum atomic E-state index is 13.6. The number of ether oxygens (including phenoxy) is 1. The first kappa shape index (κ1) is 16.9. The SMILES string of the molecule is COc1ccc(F)cc1C(=O)N1C[C@@H](CC(=O)O)[C@@H](c2cn[nH]n2)C1. The van der Waals surface area contributed by atoms with Crippen LogP contribution in [0.25, 0.3) is 0 Å². The van der Waals surface area contributed by atoms with Gasteiger partial charge in [-0.05, 0) is 24.1 Å². The minimum absolute atomic E-state index is 0.0956. The molecule has 3 rings (SSSR count). The Hall–Kier alpha value is -2.97. The predicted octanol–water partition coefficient (Wildman–Crippen LogP) is 1.28. The third-order valence-electron chi connectivity index (χ3n) is 4.37. The predicted molar refractivity (Wildman–Crippen MR) is 83.7 cm³/mol. The van der Waals surface area contributed by atoms with E-state index in [0.717, 1.165) is 6.07 Å². The van der Waals surface area contributed by atoms with Crippen LogP contribution in [0.15, 0.2) is 24.4 Å². The second-order valence-electron chi connectivity index (χ2n) is 5.91. The summed E-state index contributed by atoms with van der Waals surface area (Å²) >= 11 is 0. The number of hydrogen-bond donors (Lipinski definition) is 2. The van der Waals surface area contributed by atoms with Crippen LogP contribution >= 0.6 is 0 Å². The number of carboxylic acids is 1. The molecule has 1 aromatic carbocycles. The number of methoxy groups -OCH3 is 1. The maximum absolute atomic E-state index is 13.6. The standard InChI is InChI=1S/C16H17FN4O4/c1-25-14-3-2-10(17)5-11(14)16(24)21-7-9(4-15(22)23)12(8-21)13-6-18-20-19-13/h2-3,5-6,9,12H,4,7-8H2,1H3,(H,22,23)(H,18,19,20)/t9-,12+/m1/s1. The van der Waals surface area contributed by atoms with Crippen molar-refractivity contribution in [2.45, 2.75) is 12.3 Å². The molecule has 1 amide bonds. The van der Waals surface area contributed by atoms with Crippen LogP contribution in [0.4, 0.5) is 4.39 Å². The Morgan fingerprint density at radius 1 is 1.44 bits per heavy atom. The Kier molecular flexibility index (Phi) is 4.64. The van der Waals surface area contributed by atoms with Crippen molar-refractivity contribution >= 4 is 11.9 Å². The van der Waals surface area contributed by atoms with Crippen LogP contribution in [0.3, 0.4) is 0 Å². The molecule has 0 bridgehead atoms. The first-order chi connectivity index (χ1) is 12.0. The number of nitrogens with one attached hydrogen (secondary N) is 1. The van der Waals surface area contributed by atoms with Crippen LogP contribution in [0, 0.1) is 11.7 Å². The van der Waals surface area contributed by atoms with Gasteiger partial charge in [-0.1, -0.05) is 0 Å². The Morgan fingerprint density at radius 2 is 2.24 bits per heavy atom. The zero-order valence-corrected chi connectivity index (χ0v) is 13.5. The molecule has 0 spiro atoms. The number of amides is 1. The normalized spacial score (nSPS) is 19.8. The second kappa shape index (κ2) is 6.88. The van der Waals surface area contributed by atoms with Gasteiger partial charge in [0, 0.05) is 19.0 Å². The van der Waals surface area contributed by atoms with Crippen molar-refractivity contribution in [1.29, 1.82) is 0 Å². The van der Waals surface area contributed by atoms with Gasteiger partial charge in [-0.15, -0.1) is 0 Å². The largest absolute Gasteiger partial charge is 0.496 e. The molecule has 2 atom stereocenters. The van der Waals surface area contributed by atoms with Gasteiger partial charge in [0.25, 0.3) is 5.91 Å². The average molecular weight is 348 g/mol. The van der Waals surface area contributed by atoms with Gasteiger partial charge in [0.15, 0.2) is 0 Å². The second-order valence-corrected chi connectivity index (χ2v) is 5.91. The van der Waals surface area contributed by atoms with Gasteiger partial charge in [-0.25, -0.2) is 4.39 Å². The van der Waals surface area contributed by atoms with E-state index in [0.29, 0.717) is 5.69 Å². The van der Waals surface area contributed by atoms with Crippen LogP contribution in [0.5, 0.6) is 5.75 Å². The highest BCUT2D eigenvalue weighted by Gasteiger charge is 2.39. The highest BCUT2D eigenvalue weighted by Crippen LogP contribution is 2.35. The number of aromatic amines is 1. The van der Waals surface area contributed by atoms with Crippen LogP contribution in [0.2, 0.25) is 0 Å². The lowest BCUT2D eigenvalue weighted by Crippen LogP contribution is -2.29. The number of nitrogens with zero attached hydrogens (tertiary/aromatic N) is 3. The van der Waals surface area contributed by atoms with Crippen LogP contribution in [-0.4, -0.2) is 57.5 Å². The van der Waals surface area contributed by atoms with Gasteiger partial charge in [-0.2, -0.15) is 15.4 Å². The topological polar surface area (TPSA) is 108 Å². The number of halogens is 1. The van der Waals surface area contributed by atoms with E-state index >= 15 is 0 Å². The van der Waals surface area contributed by atoms with Gasteiger partial charge in [-0.3, -0.25) is 9.59 Å². The summed E-state index contributed by atoms with van der Waals surface area (Å²) < 4.78 is 18.7. The number of aliphatic carboxylic acids is 1. The van der Waals surface area contributed by atoms with Crippen molar-refractivity contribution in [3.63, 3.8) is 0 Å². The number of carbonyl (C=O) groups is 2. The molecule has 0 radical (unpaired) electrons. The van der Waals surface area contributed by atoms with E-state index in [1.54, 1.807) is 0 Å². The molecule has 0 aliphatic carbocycles. The number of benzene rings is 1. The molecule has 1 aromatic heterocycles. The lowest BCUT2D eigenvalue weighted by atomic mass is 9.91. The summed E-state index contributed by atoms with van der Waals surface area (Å²) in [5.74, 6) is -2.18. The summed E-state index contributed by atoms with van der Waals surface area (Å²) in [5, 5.41) is 19.4. The summed E-state index contributed by atoms with van der Waals surface area (Å²) in [6.45, 7) is 0.519. The van der Waals surface area contributed by atoms with Gasteiger partial charge >= 0.3 is 5.97 Å². The number of carboxylic acid groups (broad SMARTS) is 1. The number of aromatic nitrogens is 3. The first-order valence-electron chi connectivity index (χ1n) is 7.70. The van der Waals surface area contributed by atoms with Crippen LogP contribution in [-0.2, 0) is 4.79 Å². The summed E-state index contributed by atoms with van der Waals surface area (Å²) in [7, 11) is 1.40. The number of hydrogen-bond acceptors (Lipinski definition) is 5. The van der Waals surface area contributed by atoms with E-state index in [1.165, 1.54) is 30.3 Å². The van der Waals surface area contributed by atoms with Crippen molar-refractivity contribution in [2.75, 3.05) is 20.2 Å². The number of rotatable bonds is 5. The van der Waals surface area contributed by atoms with E-state index in [9.17, 15) is 14.0 Å². The molecule has 1 aliphatic rings. The Labute approximate surface area is 142 Å². The molecule has 132 valence electrons. The molecule has 1 aliphatic heterocycles. The third kappa shape index (κ3) is 3.44. The summed E-state index contributed by atoms with van der Waals surface area (Å²) in [5.41, 5.74) is 0.713. The van der Waals surface area contributed by atoms with Crippen molar-refractivity contribution in [3.8, 4) is 5.75 Å². The van der Waals surface area contributed by atoms with Crippen molar-refractivity contribution in [3.05, 3.63) is 41.5 Å². The Morgan fingerprint density at radius 3 is 2.88 bits per heavy atom. The first-order valence-corrected chi connectivity index (χ1v) is 7.70. The molecular formula is C16H17FN4O4. The van der Waals surface area contributed by atoms with E-state index in [-0.39, 0.29) is 42.7 Å². The van der Waals surface area contributed by atoms with Crippen LogP contribution < -0.4 is 4.74 Å². The quantitative estimate of drug-likeness (QED) is 0.843. The fourth-order valence-electron chi connectivity index (χ4n) is 3.21. The minimum atomic E-state index is -0.948. The highest BCUT2D eigenvalue weighted by atomic mass is 19.1. The Bertz CT molecular complexity index is 780. The summed E-state index contributed by atoms with van der Waals surface area (Å²) in [6, 6.07) is 3.73. The summed E-state index contributed by atoms with van der Waals surface area (Å²) in [4.78, 5) is 25.5. The summed E-state index contributed by atoms with van der Waals surface area (Å²) in [6.07, 6.45) is 1.43. The zero-order chi connectivity index (χ0) is 18.0. The molecule has 2 heterocycles. The van der Waals surface area contributed by atoms with Crippen molar-refractivity contribution in [2.24, 2.45) is 5.92 Å². The monoisotopic (exact) mass is 348 g/mol. The van der Waals surface area contributed by atoms with E-state index in [1.807, 2.05) is 0 Å². The van der Waals surface area contributed by atoms with Gasteiger partial charge in [0.05, 0.1) is 31.0 Å². The number of H-pyrrole nitrogens is 1.